The van der Waals surface area contributed by atoms with E-state index in [0.717, 1.165) is 12.1 Å². The first-order valence-electron chi connectivity index (χ1n) is 4.12. The molecule has 0 atom stereocenters. The molecule has 0 bridgehead atoms. The van der Waals surface area contributed by atoms with Gasteiger partial charge in [0.2, 0.25) is 0 Å². The van der Waals surface area contributed by atoms with E-state index < -0.39 is 0 Å². The van der Waals surface area contributed by atoms with Crippen molar-refractivity contribution in [2.75, 3.05) is 0 Å². The molecule has 0 amide bonds. The van der Waals surface area contributed by atoms with Gasteiger partial charge in [-0.1, -0.05) is 18.2 Å². The summed E-state index contributed by atoms with van der Waals surface area (Å²) in [5.41, 5.74) is 1.06. The van der Waals surface area contributed by atoms with Gasteiger partial charge in [-0.15, -0.1) is 0 Å². The predicted octanol–water partition coefficient (Wildman–Crippen LogP) is 2.75. The molecule has 2 rings (SSSR count). The van der Waals surface area contributed by atoms with Crippen LogP contribution in [0.1, 0.15) is 12.1 Å². The smallest absolute Gasteiger partial charge is 0.0631 e. The second-order valence-corrected chi connectivity index (χ2v) is 3.59. The van der Waals surface area contributed by atoms with Gasteiger partial charge in [-0.25, -0.2) is 0 Å². The Morgan fingerprint density at radius 1 is 1.38 bits per heavy atom. The summed E-state index contributed by atoms with van der Waals surface area (Å²) >= 11 is 1.50. The Kier molecular flexibility index (Phi) is 2.24. The third-order valence-electron chi connectivity index (χ3n) is 1.93. The van der Waals surface area contributed by atoms with Crippen LogP contribution < -0.4 is 0 Å². The van der Waals surface area contributed by atoms with Gasteiger partial charge in [0.1, 0.15) is 0 Å². The first-order chi connectivity index (χ1) is 6.42. The minimum atomic E-state index is 0.549. The van der Waals surface area contributed by atoms with Gasteiger partial charge in [0.25, 0.3) is 0 Å². The van der Waals surface area contributed by atoms with E-state index in [0.29, 0.717) is 6.42 Å². The summed E-state index contributed by atoms with van der Waals surface area (Å²) in [4.78, 5) is 0. The lowest BCUT2D eigenvalue weighted by Crippen LogP contribution is -1.82. The Bertz CT molecular complexity index is 453. The molecule has 64 valence electrons. The highest BCUT2D eigenvalue weighted by Gasteiger charge is 2.03. The van der Waals surface area contributed by atoms with Crippen molar-refractivity contribution in [2.45, 2.75) is 12.8 Å². The maximum atomic E-state index is 8.46. The second kappa shape index (κ2) is 3.55. The van der Waals surface area contributed by atoms with E-state index in [1.165, 1.54) is 21.6 Å². The van der Waals surface area contributed by atoms with Gasteiger partial charge < -0.3 is 0 Å². The number of fused-ring (bicyclic) bond motifs is 1. The zero-order valence-corrected chi connectivity index (χ0v) is 7.84. The van der Waals surface area contributed by atoms with Crippen molar-refractivity contribution < 1.29 is 0 Å². The molecule has 0 aliphatic carbocycles. The number of rotatable bonds is 2. The lowest BCUT2D eigenvalue weighted by atomic mass is 10.1. The minimum Gasteiger partial charge on any atom is -0.198 e. The lowest BCUT2D eigenvalue weighted by Gasteiger charge is -1.90. The van der Waals surface area contributed by atoms with Crippen molar-refractivity contribution in [1.29, 1.82) is 5.26 Å². The van der Waals surface area contributed by atoms with Crippen LogP contribution in [-0.4, -0.2) is 4.37 Å². The molecule has 2 aromatic rings. The molecule has 1 aromatic heterocycles. The quantitative estimate of drug-likeness (QED) is 0.726. The van der Waals surface area contributed by atoms with Gasteiger partial charge in [0, 0.05) is 18.2 Å². The zero-order chi connectivity index (χ0) is 9.10. The van der Waals surface area contributed by atoms with Crippen LogP contribution in [0.5, 0.6) is 0 Å². The molecule has 0 unspecified atom stereocenters. The third kappa shape index (κ3) is 1.53. The average molecular weight is 188 g/mol. The number of aryl methyl sites for hydroxylation is 1. The fourth-order valence-corrected chi connectivity index (χ4v) is 2.11. The molecule has 0 saturated heterocycles. The van der Waals surface area contributed by atoms with E-state index in [4.69, 9.17) is 5.26 Å². The van der Waals surface area contributed by atoms with Crippen molar-refractivity contribution in [3.8, 4) is 6.07 Å². The van der Waals surface area contributed by atoms with E-state index >= 15 is 0 Å². The van der Waals surface area contributed by atoms with Crippen LogP contribution in [-0.2, 0) is 6.42 Å². The van der Waals surface area contributed by atoms with Crippen LogP contribution in [0, 0.1) is 11.3 Å². The molecule has 2 nitrogen and oxygen atoms in total. The van der Waals surface area contributed by atoms with Gasteiger partial charge in [0.05, 0.1) is 16.5 Å². The van der Waals surface area contributed by atoms with Crippen LogP contribution in [0.4, 0.5) is 0 Å². The fourth-order valence-electron chi connectivity index (χ4n) is 1.29. The monoisotopic (exact) mass is 188 g/mol. The summed E-state index contributed by atoms with van der Waals surface area (Å²) in [5.74, 6) is 0. The van der Waals surface area contributed by atoms with E-state index in [-0.39, 0.29) is 0 Å². The van der Waals surface area contributed by atoms with Crippen molar-refractivity contribution in [1.82, 2.24) is 4.37 Å². The molecule has 0 fully saturated rings. The lowest BCUT2D eigenvalue weighted by molar-refractivity contribution is 0.990. The molecule has 0 radical (unpaired) electrons. The van der Waals surface area contributed by atoms with Crippen LogP contribution in [0.2, 0.25) is 0 Å². The number of hydrogen-bond donors (Lipinski definition) is 0. The van der Waals surface area contributed by atoms with Gasteiger partial charge in [-0.05, 0) is 17.6 Å². The molecule has 0 spiro atoms. The summed E-state index contributed by atoms with van der Waals surface area (Å²) in [6.45, 7) is 0. The molecule has 0 aliphatic heterocycles. The summed E-state index contributed by atoms with van der Waals surface area (Å²) < 4.78 is 5.53. The SMILES string of the molecule is N#CCCc1nsc2ccccc12. The standard InChI is InChI=1S/C10H8N2S/c11-7-3-5-9-8-4-1-2-6-10(8)13-12-9/h1-2,4,6H,3,5H2. The van der Waals surface area contributed by atoms with Crippen molar-refractivity contribution in [3.05, 3.63) is 30.0 Å². The first-order valence-corrected chi connectivity index (χ1v) is 4.89. The molecule has 0 aliphatic rings. The van der Waals surface area contributed by atoms with Crippen LogP contribution in [0.3, 0.4) is 0 Å². The van der Waals surface area contributed by atoms with E-state index in [1.807, 2.05) is 12.1 Å². The molecule has 1 heterocycles. The van der Waals surface area contributed by atoms with Crippen molar-refractivity contribution >= 4 is 21.6 Å². The van der Waals surface area contributed by atoms with Crippen LogP contribution in [0.25, 0.3) is 10.1 Å². The zero-order valence-electron chi connectivity index (χ0n) is 7.03. The summed E-state index contributed by atoms with van der Waals surface area (Å²) in [5, 5.41) is 9.66. The highest BCUT2D eigenvalue weighted by atomic mass is 32.1. The van der Waals surface area contributed by atoms with E-state index in [9.17, 15) is 0 Å². The van der Waals surface area contributed by atoms with Crippen molar-refractivity contribution in [3.63, 3.8) is 0 Å². The molecule has 0 N–H and O–H groups in total. The summed E-state index contributed by atoms with van der Waals surface area (Å²) in [7, 11) is 0. The van der Waals surface area contributed by atoms with Gasteiger partial charge in [-0.2, -0.15) is 9.64 Å². The highest BCUT2D eigenvalue weighted by molar-refractivity contribution is 7.13. The molecule has 3 heteroatoms. The number of aromatic nitrogens is 1. The maximum Gasteiger partial charge on any atom is 0.0631 e. The largest absolute Gasteiger partial charge is 0.198 e. The second-order valence-electron chi connectivity index (χ2n) is 2.78. The van der Waals surface area contributed by atoms with Crippen LogP contribution in [0.15, 0.2) is 24.3 Å². The molecular weight excluding hydrogens is 180 g/mol. The maximum absolute atomic E-state index is 8.46. The number of nitrogens with zero attached hydrogens (tertiary/aromatic N) is 2. The van der Waals surface area contributed by atoms with E-state index in [1.54, 1.807) is 0 Å². The summed E-state index contributed by atoms with van der Waals surface area (Å²) in [6.07, 6.45) is 1.31. The van der Waals surface area contributed by atoms with Gasteiger partial charge in [-0.3, -0.25) is 0 Å². The summed E-state index contributed by atoms with van der Waals surface area (Å²) in [6, 6.07) is 10.3. The van der Waals surface area contributed by atoms with Crippen molar-refractivity contribution in [2.24, 2.45) is 0 Å². The predicted molar refractivity (Wildman–Crippen MR) is 53.6 cm³/mol. The normalized spacial score (nSPS) is 10.1. The molecule has 13 heavy (non-hydrogen) atoms. The Balaban J connectivity index is 2.41. The Morgan fingerprint density at radius 3 is 3.08 bits per heavy atom. The molecule has 1 aromatic carbocycles. The van der Waals surface area contributed by atoms with Gasteiger partial charge in [0.15, 0.2) is 0 Å². The third-order valence-corrected chi connectivity index (χ3v) is 2.79. The number of benzene rings is 1. The van der Waals surface area contributed by atoms with Crippen LogP contribution >= 0.6 is 11.5 Å². The van der Waals surface area contributed by atoms with E-state index in [2.05, 4.69) is 22.6 Å². The van der Waals surface area contributed by atoms with Gasteiger partial charge >= 0.3 is 0 Å². The minimum absolute atomic E-state index is 0.549. The Morgan fingerprint density at radius 2 is 2.23 bits per heavy atom. The molecular formula is C10H8N2S. The Labute approximate surface area is 80.6 Å². The fraction of sp³-hybridized carbons (Fsp3) is 0.200. The Hall–Kier alpha value is -1.40. The number of hydrogen-bond acceptors (Lipinski definition) is 3. The highest BCUT2D eigenvalue weighted by Crippen LogP contribution is 2.22. The molecule has 0 saturated carbocycles. The first kappa shape index (κ1) is 8.21. The average Bonchev–Trinajstić information content (AvgIpc) is 2.58. The topological polar surface area (TPSA) is 36.7 Å². The number of nitriles is 1.